The monoisotopic (exact) mass is 274 g/mol. The molecule has 2 heterocycles. The van der Waals surface area contributed by atoms with E-state index >= 15 is 0 Å². The summed E-state index contributed by atoms with van der Waals surface area (Å²) >= 11 is 0. The van der Waals surface area contributed by atoms with Gasteiger partial charge in [-0.15, -0.1) is 0 Å². The zero-order valence-electron chi connectivity index (χ0n) is 11.7. The van der Waals surface area contributed by atoms with Crippen molar-refractivity contribution in [2.24, 2.45) is 7.05 Å². The van der Waals surface area contributed by atoms with Gasteiger partial charge in [0.1, 0.15) is 0 Å². The maximum absolute atomic E-state index is 11.1. The molecular weight excluding hydrogens is 256 g/mol. The van der Waals surface area contributed by atoms with Gasteiger partial charge in [0.15, 0.2) is 0 Å². The quantitative estimate of drug-likeness (QED) is 0.619. The predicted octanol–water partition coefficient (Wildman–Crippen LogP) is 1.84. The average molecular weight is 274 g/mol. The molecule has 0 aliphatic carbocycles. The number of hydrogen-bond acceptors (Lipinski definition) is 4. The van der Waals surface area contributed by atoms with Crippen LogP contribution in [0.4, 0.5) is 11.4 Å². The van der Waals surface area contributed by atoms with Gasteiger partial charge in [-0.1, -0.05) is 0 Å². The Kier molecular flexibility index (Phi) is 3.10. The lowest BCUT2D eigenvalue weighted by Gasteiger charge is -2.34. The lowest BCUT2D eigenvalue weighted by atomic mass is 10.1. The fourth-order valence-electron chi connectivity index (χ4n) is 2.75. The number of nitro groups is 1. The highest BCUT2D eigenvalue weighted by atomic mass is 16.6. The number of nitrogens with zero attached hydrogens (tertiary/aromatic N) is 4. The molecule has 20 heavy (non-hydrogen) atoms. The van der Waals surface area contributed by atoms with Crippen LogP contribution in [0.1, 0.15) is 0 Å². The zero-order chi connectivity index (χ0) is 14.3. The van der Waals surface area contributed by atoms with Gasteiger partial charge in [0.05, 0.1) is 16.1 Å². The van der Waals surface area contributed by atoms with E-state index in [0.717, 1.165) is 42.8 Å². The van der Waals surface area contributed by atoms with Gasteiger partial charge in [0.2, 0.25) is 0 Å². The summed E-state index contributed by atoms with van der Waals surface area (Å²) in [5, 5.41) is 12.2. The normalized spacial score (nSPS) is 16.8. The van der Waals surface area contributed by atoms with Gasteiger partial charge in [-0.2, -0.15) is 0 Å². The third-order valence-corrected chi connectivity index (χ3v) is 4.02. The van der Waals surface area contributed by atoms with Crippen LogP contribution in [-0.4, -0.2) is 47.6 Å². The van der Waals surface area contributed by atoms with Gasteiger partial charge in [-0.25, -0.2) is 0 Å². The van der Waals surface area contributed by atoms with E-state index in [0.29, 0.717) is 0 Å². The summed E-state index contributed by atoms with van der Waals surface area (Å²) in [5.41, 5.74) is 2.05. The molecule has 0 saturated carbocycles. The molecule has 2 aromatic rings. The fourth-order valence-corrected chi connectivity index (χ4v) is 2.75. The Morgan fingerprint density at radius 2 is 1.85 bits per heavy atom. The molecule has 1 saturated heterocycles. The summed E-state index contributed by atoms with van der Waals surface area (Å²) in [5.74, 6) is 0. The molecule has 6 heteroatoms. The van der Waals surface area contributed by atoms with Gasteiger partial charge in [-0.05, 0) is 13.1 Å². The number of likely N-dealkylation sites (N-methyl/N-ethyl adjacent to an activating group) is 1. The molecule has 0 unspecified atom stereocenters. The Hall–Kier alpha value is -2.08. The molecule has 1 fully saturated rings. The second-order valence-corrected chi connectivity index (χ2v) is 5.37. The molecule has 6 nitrogen and oxygen atoms in total. The van der Waals surface area contributed by atoms with Crippen LogP contribution in [0.15, 0.2) is 24.4 Å². The van der Waals surface area contributed by atoms with E-state index in [9.17, 15) is 10.1 Å². The van der Waals surface area contributed by atoms with Crippen molar-refractivity contribution in [3.05, 3.63) is 34.5 Å². The molecule has 1 aromatic carbocycles. The maximum Gasteiger partial charge on any atom is 0.273 e. The van der Waals surface area contributed by atoms with E-state index in [-0.39, 0.29) is 10.6 Å². The molecule has 0 spiro atoms. The summed E-state index contributed by atoms with van der Waals surface area (Å²) in [6.07, 6.45) is 1.95. The fraction of sp³-hybridized carbons (Fsp3) is 0.429. The van der Waals surface area contributed by atoms with Crippen molar-refractivity contribution >= 4 is 22.3 Å². The minimum atomic E-state index is -0.313. The maximum atomic E-state index is 11.1. The smallest absolute Gasteiger partial charge is 0.273 e. The van der Waals surface area contributed by atoms with Crippen LogP contribution in [0.3, 0.4) is 0 Å². The van der Waals surface area contributed by atoms with E-state index < -0.39 is 0 Å². The largest absolute Gasteiger partial charge is 0.368 e. The summed E-state index contributed by atoms with van der Waals surface area (Å²) in [7, 11) is 4.02. The van der Waals surface area contributed by atoms with Crippen molar-refractivity contribution < 1.29 is 4.92 Å². The summed E-state index contributed by atoms with van der Waals surface area (Å²) in [4.78, 5) is 15.3. The standard InChI is InChI=1S/C14H18N4O2/c1-15-5-7-17(8-6-15)14-10-11(18(19)20)9-13-12(14)3-4-16(13)2/h3-4,9-10H,5-8H2,1-2H3. The van der Waals surface area contributed by atoms with Gasteiger partial charge in [0.25, 0.3) is 5.69 Å². The summed E-state index contributed by atoms with van der Waals surface area (Å²) in [6.45, 7) is 3.78. The second kappa shape index (κ2) is 4.79. The van der Waals surface area contributed by atoms with E-state index in [2.05, 4.69) is 16.8 Å². The van der Waals surface area contributed by atoms with Crippen LogP contribution in [-0.2, 0) is 7.05 Å². The average Bonchev–Trinajstić information content (AvgIpc) is 2.80. The third-order valence-electron chi connectivity index (χ3n) is 4.02. The first-order valence-electron chi connectivity index (χ1n) is 6.73. The molecular formula is C14H18N4O2. The Balaban J connectivity index is 2.10. The number of nitro benzene ring substituents is 1. The van der Waals surface area contributed by atoms with E-state index in [1.807, 2.05) is 23.9 Å². The number of piperazine rings is 1. The lowest BCUT2D eigenvalue weighted by molar-refractivity contribution is -0.384. The van der Waals surface area contributed by atoms with Crippen LogP contribution in [0.25, 0.3) is 10.9 Å². The van der Waals surface area contributed by atoms with Crippen LogP contribution in [0, 0.1) is 10.1 Å². The lowest BCUT2D eigenvalue weighted by Crippen LogP contribution is -2.44. The first kappa shape index (κ1) is 12.9. The van der Waals surface area contributed by atoms with Gasteiger partial charge < -0.3 is 14.4 Å². The zero-order valence-corrected chi connectivity index (χ0v) is 11.7. The number of hydrogen-bond donors (Lipinski definition) is 0. The molecule has 1 aromatic heterocycles. The highest BCUT2D eigenvalue weighted by molar-refractivity contribution is 5.95. The second-order valence-electron chi connectivity index (χ2n) is 5.37. The van der Waals surface area contributed by atoms with E-state index in [4.69, 9.17) is 0 Å². The van der Waals surface area contributed by atoms with Crippen LogP contribution < -0.4 is 4.90 Å². The molecule has 0 radical (unpaired) electrons. The number of aromatic nitrogens is 1. The van der Waals surface area contributed by atoms with Crippen molar-refractivity contribution in [3.8, 4) is 0 Å². The molecule has 0 atom stereocenters. The molecule has 0 amide bonds. The summed E-state index contributed by atoms with van der Waals surface area (Å²) < 4.78 is 1.93. The number of anilines is 1. The van der Waals surface area contributed by atoms with Crippen LogP contribution in [0.2, 0.25) is 0 Å². The molecule has 0 N–H and O–H groups in total. The Labute approximate surface area is 117 Å². The molecule has 3 rings (SSSR count). The Morgan fingerprint density at radius 1 is 1.15 bits per heavy atom. The first-order valence-corrected chi connectivity index (χ1v) is 6.73. The molecule has 0 bridgehead atoms. The number of benzene rings is 1. The van der Waals surface area contributed by atoms with E-state index in [1.165, 1.54) is 0 Å². The van der Waals surface area contributed by atoms with Crippen LogP contribution >= 0.6 is 0 Å². The minimum absolute atomic E-state index is 0.160. The number of fused-ring (bicyclic) bond motifs is 1. The van der Waals surface area contributed by atoms with Crippen LogP contribution in [0.5, 0.6) is 0 Å². The number of aryl methyl sites for hydroxylation is 1. The topological polar surface area (TPSA) is 54.6 Å². The number of rotatable bonds is 2. The third kappa shape index (κ3) is 2.12. The van der Waals surface area contributed by atoms with Gasteiger partial charge >= 0.3 is 0 Å². The van der Waals surface area contributed by atoms with Gasteiger partial charge in [0, 0.05) is 56.9 Å². The Bertz CT molecular complexity index is 656. The highest BCUT2D eigenvalue weighted by Crippen LogP contribution is 2.32. The highest BCUT2D eigenvalue weighted by Gasteiger charge is 2.20. The van der Waals surface area contributed by atoms with Crippen molar-refractivity contribution in [1.82, 2.24) is 9.47 Å². The minimum Gasteiger partial charge on any atom is -0.368 e. The number of non-ortho nitro benzene ring substituents is 1. The molecule has 1 aliphatic rings. The predicted molar refractivity (Wildman–Crippen MR) is 79.3 cm³/mol. The van der Waals surface area contributed by atoms with Crippen molar-refractivity contribution in [3.63, 3.8) is 0 Å². The Morgan fingerprint density at radius 3 is 2.50 bits per heavy atom. The molecule has 1 aliphatic heterocycles. The van der Waals surface area contributed by atoms with Gasteiger partial charge in [-0.3, -0.25) is 10.1 Å². The molecule has 106 valence electrons. The van der Waals surface area contributed by atoms with Crippen molar-refractivity contribution in [2.45, 2.75) is 0 Å². The van der Waals surface area contributed by atoms with Crippen molar-refractivity contribution in [2.75, 3.05) is 38.1 Å². The van der Waals surface area contributed by atoms with Crippen molar-refractivity contribution in [1.29, 1.82) is 0 Å². The SMILES string of the molecule is CN1CCN(c2cc([N+](=O)[O-])cc3c2ccn3C)CC1. The summed E-state index contributed by atoms with van der Waals surface area (Å²) in [6, 6.07) is 5.38. The first-order chi connectivity index (χ1) is 9.56. The van der Waals surface area contributed by atoms with E-state index in [1.54, 1.807) is 12.1 Å².